The second kappa shape index (κ2) is 7.63. The molecule has 0 atom stereocenters. The zero-order chi connectivity index (χ0) is 12.0. The molecule has 1 aliphatic carbocycles. The van der Waals surface area contributed by atoms with Gasteiger partial charge in [0.25, 0.3) is 0 Å². The van der Waals surface area contributed by atoms with Crippen LogP contribution in [0.5, 0.6) is 0 Å². The van der Waals surface area contributed by atoms with Gasteiger partial charge in [-0.05, 0) is 25.7 Å². The van der Waals surface area contributed by atoms with E-state index in [1.807, 2.05) is 0 Å². The van der Waals surface area contributed by atoms with Gasteiger partial charge >= 0.3 is 0 Å². The van der Waals surface area contributed by atoms with Crippen molar-refractivity contribution in [1.29, 1.82) is 0 Å². The maximum absolute atomic E-state index is 2.58. The lowest BCUT2D eigenvalue weighted by molar-refractivity contribution is 0.425. The van der Waals surface area contributed by atoms with Crippen LogP contribution in [0.1, 0.15) is 27.7 Å². The molecule has 0 saturated heterocycles. The third-order valence-corrected chi connectivity index (χ3v) is 5.84. The van der Waals surface area contributed by atoms with E-state index in [0.29, 0.717) is 0 Å². The van der Waals surface area contributed by atoms with Crippen LogP contribution < -0.4 is 0 Å². The van der Waals surface area contributed by atoms with E-state index in [-0.39, 0.29) is 8.22 Å². The predicted octanol–water partition coefficient (Wildman–Crippen LogP) is 3.34. The summed E-state index contributed by atoms with van der Waals surface area (Å²) in [5.41, 5.74) is 1.49. The van der Waals surface area contributed by atoms with E-state index in [1.165, 1.54) is 5.66 Å². The fourth-order valence-electron chi connectivity index (χ4n) is 1.99. The molecule has 0 aromatic carbocycles. The van der Waals surface area contributed by atoms with Gasteiger partial charge in [0.15, 0.2) is 0 Å². The molecule has 0 aromatic rings. The highest BCUT2D eigenvalue weighted by molar-refractivity contribution is 7.56. The first-order chi connectivity index (χ1) is 7.78. The molecule has 2 nitrogen and oxygen atoms in total. The molecule has 0 amide bonds. The summed E-state index contributed by atoms with van der Waals surface area (Å²) >= 11 is 0. The van der Waals surface area contributed by atoms with Crippen molar-refractivity contribution in [1.82, 2.24) is 9.34 Å². The first-order valence-electron chi connectivity index (χ1n) is 6.29. The number of rotatable bonds is 7. The maximum atomic E-state index is 2.58. The normalized spacial score (nSPS) is 18.2. The third kappa shape index (κ3) is 3.42. The van der Waals surface area contributed by atoms with Crippen molar-refractivity contribution in [3.63, 3.8) is 0 Å². The molecule has 0 aromatic heterocycles. The zero-order valence-corrected chi connectivity index (χ0v) is 11.9. The molecule has 0 unspecified atom stereocenters. The lowest BCUT2D eigenvalue weighted by Crippen LogP contribution is -2.31. The largest absolute Gasteiger partial charge is 0.270 e. The Labute approximate surface area is 103 Å². The summed E-state index contributed by atoms with van der Waals surface area (Å²) in [6.07, 6.45) is 8.83. The van der Waals surface area contributed by atoms with Crippen LogP contribution in [0, 0.1) is 31.3 Å². The zero-order valence-electron chi connectivity index (χ0n) is 11.0. The van der Waals surface area contributed by atoms with Crippen LogP contribution >= 0.6 is 8.22 Å². The van der Waals surface area contributed by atoms with Gasteiger partial charge in [0.05, 0.1) is 0 Å². The van der Waals surface area contributed by atoms with Gasteiger partial charge in [-0.15, -0.1) is 0 Å². The molecular formula is C13H24N2P. The van der Waals surface area contributed by atoms with Gasteiger partial charge in [-0.3, -0.25) is 9.34 Å². The summed E-state index contributed by atoms with van der Waals surface area (Å²) in [6, 6.07) is 0. The van der Waals surface area contributed by atoms with Crippen molar-refractivity contribution in [2.45, 2.75) is 27.7 Å². The molecule has 0 bridgehead atoms. The highest BCUT2D eigenvalue weighted by Crippen LogP contribution is 2.57. The van der Waals surface area contributed by atoms with Crippen LogP contribution in [0.25, 0.3) is 0 Å². The third-order valence-electron chi connectivity index (χ3n) is 2.87. The van der Waals surface area contributed by atoms with E-state index < -0.39 is 0 Å². The van der Waals surface area contributed by atoms with Gasteiger partial charge < -0.3 is 0 Å². The summed E-state index contributed by atoms with van der Waals surface area (Å²) in [5, 5.41) is 0. The van der Waals surface area contributed by atoms with Crippen LogP contribution in [0.3, 0.4) is 0 Å². The molecule has 3 heteroatoms. The second-order valence-corrected chi connectivity index (χ2v) is 5.94. The maximum Gasteiger partial charge on any atom is 0.0476 e. The van der Waals surface area contributed by atoms with Crippen molar-refractivity contribution in [2.24, 2.45) is 0 Å². The molecule has 1 fully saturated rings. The van der Waals surface area contributed by atoms with E-state index in [9.17, 15) is 0 Å². The summed E-state index contributed by atoms with van der Waals surface area (Å²) in [6.45, 7) is 13.5. The van der Waals surface area contributed by atoms with E-state index in [0.717, 1.165) is 26.2 Å². The monoisotopic (exact) mass is 239 g/mol. The molecule has 1 aliphatic rings. The van der Waals surface area contributed by atoms with E-state index >= 15 is 0 Å². The van der Waals surface area contributed by atoms with E-state index in [2.05, 4.69) is 62.7 Å². The van der Waals surface area contributed by atoms with Crippen LogP contribution in [-0.4, -0.2) is 35.5 Å². The van der Waals surface area contributed by atoms with Crippen molar-refractivity contribution in [3.8, 4) is 0 Å². The Morgan fingerprint density at radius 3 is 1.50 bits per heavy atom. The predicted molar refractivity (Wildman–Crippen MR) is 73.2 cm³/mol. The quantitative estimate of drug-likeness (QED) is 0.629. The lowest BCUT2D eigenvalue weighted by atomic mass is 10.4. The first kappa shape index (κ1) is 14.4. The Morgan fingerprint density at radius 2 is 1.19 bits per heavy atom. The van der Waals surface area contributed by atoms with Crippen LogP contribution in [0.4, 0.5) is 0 Å². The summed E-state index contributed by atoms with van der Waals surface area (Å²) in [7, 11) is -0.279. The Kier molecular flexibility index (Phi) is 6.87. The minimum absolute atomic E-state index is 0.279. The standard InChI is InChI=1S/C13H24N2P/c1-5-14(6-2)16(15(7-3)8-4)13-11-9-10-12-13/h9-12H,5-8H2,1-4H3. The van der Waals surface area contributed by atoms with E-state index in [4.69, 9.17) is 0 Å². The number of nitrogens with zero attached hydrogens (tertiary/aromatic N) is 2. The van der Waals surface area contributed by atoms with Crippen molar-refractivity contribution in [3.05, 3.63) is 31.3 Å². The Morgan fingerprint density at radius 1 is 0.812 bits per heavy atom. The van der Waals surface area contributed by atoms with Crippen molar-refractivity contribution >= 4 is 8.22 Å². The van der Waals surface area contributed by atoms with Crippen molar-refractivity contribution in [2.75, 3.05) is 26.2 Å². The smallest absolute Gasteiger partial charge is 0.0476 e. The Bertz CT molecular complexity index is 158. The summed E-state index contributed by atoms with van der Waals surface area (Å²) in [4.78, 5) is 0. The van der Waals surface area contributed by atoms with Gasteiger partial charge in [-0.25, -0.2) is 0 Å². The molecule has 1 saturated carbocycles. The fraction of sp³-hybridized carbons (Fsp3) is 0.615. The van der Waals surface area contributed by atoms with Gasteiger partial charge in [-0.1, -0.05) is 27.7 Å². The van der Waals surface area contributed by atoms with E-state index in [1.54, 1.807) is 0 Å². The second-order valence-electron chi connectivity index (χ2n) is 3.71. The minimum Gasteiger partial charge on any atom is -0.270 e. The molecule has 0 N–H and O–H groups in total. The van der Waals surface area contributed by atoms with Crippen LogP contribution in [0.2, 0.25) is 0 Å². The molecule has 0 heterocycles. The molecule has 0 aliphatic heterocycles. The van der Waals surface area contributed by atoms with Crippen molar-refractivity contribution < 1.29 is 0 Å². The molecule has 91 valence electrons. The number of hydrogen-bond donors (Lipinski definition) is 0. The highest BCUT2D eigenvalue weighted by atomic mass is 31.1. The minimum atomic E-state index is -0.279. The Hall–Kier alpha value is 0.350. The SMILES string of the molecule is CCN(CC)P([C]1[CH][CH][CH][CH]1)N(CC)CC. The summed E-state index contributed by atoms with van der Waals surface area (Å²) < 4.78 is 5.16. The first-order valence-corrected chi connectivity index (χ1v) is 7.54. The van der Waals surface area contributed by atoms with Gasteiger partial charge in [0.2, 0.25) is 0 Å². The molecule has 5 radical (unpaired) electrons. The fourth-order valence-corrected chi connectivity index (χ4v) is 4.51. The molecular weight excluding hydrogens is 215 g/mol. The lowest BCUT2D eigenvalue weighted by Gasteiger charge is -2.40. The highest BCUT2D eigenvalue weighted by Gasteiger charge is 2.33. The van der Waals surface area contributed by atoms with Crippen LogP contribution in [-0.2, 0) is 0 Å². The molecule has 1 rings (SSSR count). The average molecular weight is 239 g/mol. The van der Waals surface area contributed by atoms with Gasteiger partial charge in [-0.2, -0.15) is 0 Å². The van der Waals surface area contributed by atoms with Gasteiger partial charge in [0.1, 0.15) is 0 Å². The molecule has 16 heavy (non-hydrogen) atoms. The molecule has 0 spiro atoms. The van der Waals surface area contributed by atoms with Crippen LogP contribution in [0.15, 0.2) is 0 Å². The summed E-state index contributed by atoms with van der Waals surface area (Å²) in [5.74, 6) is 0. The van der Waals surface area contributed by atoms with Gasteiger partial charge in [0, 0.05) is 40.1 Å². The topological polar surface area (TPSA) is 6.48 Å². The average Bonchev–Trinajstić information content (AvgIpc) is 2.83. The Balaban J connectivity index is 2.73. The number of hydrogen-bond acceptors (Lipinski definition) is 2.